The van der Waals surface area contributed by atoms with Crippen molar-refractivity contribution in [3.05, 3.63) is 23.8 Å². The van der Waals surface area contributed by atoms with Crippen molar-refractivity contribution in [3.8, 4) is 11.5 Å². The van der Waals surface area contributed by atoms with E-state index in [1.165, 1.54) is 0 Å². The molecule has 17 heavy (non-hydrogen) atoms. The van der Waals surface area contributed by atoms with Gasteiger partial charge in [0.15, 0.2) is 17.8 Å². The van der Waals surface area contributed by atoms with Crippen LogP contribution in [0.15, 0.2) is 18.2 Å². The predicted octanol–water partition coefficient (Wildman–Crippen LogP) is 2.05. The zero-order valence-electron chi connectivity index (χ0n) is 10.4. The number of rotatable bonds is 6. The Kier molecular flexibility index (Phi) is 4.52. The summed E-state index contributed by atoms with van der Waals surface area (Å²) in [7, 11) is 0. The van der Waals surface area contributed by atoms with Gasteiger partial charge >= 0.3 is 0 Å². The molecule has 0 saturated heterocycles. The first-order valence-corrected chi connectivity index (χ1v) is 5.54. The van der Waals surface area contributed by atoms with Crippen LogP contribution in [0.3, 0.4) is 0 Å². The van der Waals surface area contributed by atoms with Crippen LogP contribution in [-0.2, 0) is 0 Å². The second kappa shape index (κ2) is 5.68. The molecular formula is C13H18O4. The van der Waals surface area contributed by atoms with E-state index >= 15 is 0 Å². The fourth-order valence-corrected chi connectivity index (χ4v) is 1.30. The topological polar surface area (TPSA) is 55.8 Å². The molecule has 0 atom stereocenters. The Balaban J connectivity index is 2.96. The molecule has 1 aromatic rings. The number of aldehydes is 1. The second-order valence-corrected chi connectivity index (χ2v) is 4.33. The van der Waals surface area contributed by atoms with Crippen molar-refractivity contribution < 1.29 is 19.4 Å². The van der Waals surface area contributed by atoms with Crippen LogP contribution in [-0.4, -0.2) is 30.2 Å². The van der Waals surface area contributed by atoms with Gasteiger partial charge in [-0.25, -0.2) is 0 Å². The van der Waals surface area contributed by atoms with Crippen LogP contribution in [0.2, 0.25) is 0 Å². The van der Waals surface area contributed by atoms with Crippen LogP contribution in [0.5, 0.6) is 11.5 Å². The number of hydrogen-bond donors (Lipinski definition) is 1. The van der Waals surface area contributed by atoms with E-state index in [0.717, 1.165) is 0 Å². The van der Waals surface area contributed by atoms with Gasteiger partial charge in [0.1, 0.15) is 6.61 Å². The Morgan fingerprint density at radius 2 is 2.06 bits per heavy atom. The lowest BCUT2D eigenvalue weighted by atomic mass is 10.1. The molecule has 4 nitrogen and oxygen atoms in total. The molecule has 0 spiro atoms. The third-order valence-electron chi connectivity index (χ3n) is 2.01. The number of carbonyl (C=O) groups is 1. The summed E-state index contributed by atoms with van der Waals surface area (Å²) in [6.07, 6.45) is 0.711. The molecule has 0 amide bonds. The zero-order chi connectivity index (χ0) is 12.9. The lowest BCUT2D eigenvalue weighted by molar-refractivity contribution is 0.0271. The summed E-state index contributed by atoms with van der Waals surface area (Å²) in [6.45, 7) is 5.71. The maximum Gasteiger partial charge on any atom is 0.171 e. The van der Waals surface area contributed by atoms with Gasteiger partial charge < -0.3 is 14.6 Å². The van der Waals surface area contributed by atoms with Crippen molar-refractivity contribution in [1.29, 1.82) is 0 Å². The molecule has 0 radical (unpaired) electrons. The second-order valence-electron chi connectivity index (χ2n) is 4.33. The third-order valence-corrected chi connectivity index (χ3v) is 2.01. The normalized spacial score (nSPS) is 11.1. The van der Waals surface area contributed by atoms with Gasteiger partial charge in [0.05, 0.1) is 17.8 Å². The van der Waals surface area contributed by atoms with E-state index in [1.54, 1.807) is 32.0 Å². The summed E-state index contributed by atoms with van der Waals surface area (Å²) >= 11 is 0. The van der Waals surface area contributed by atoms with E-state index in [1.807, 2.05) is 6.92 Å². The zero-order valence-corrected chi connectivity index (χ0v) is 10.4. The minimum absolute atomic E-state index is 0.0952. The average molecular weight is 238 g/mol. The molecule has 0 aliphatic carbocycles. The molecule has 94 valence electrons. The Labute approximate surface area is 101 Å². The highest BCUT2D eigenvalue weighted by atomic mass is 16.5. The molecule has 4 heteroatoms. The summed E-state index contributed by atoms with van der Waals surface area (Å²) in [5.74, 6) is 0.896. The van der Waals surface area contributed by atoms with Crippen LogP contribution < -0.4 is 9.47 Å². The van der Waals surface area contributed by atoms with E-state index in [4.69, 9.17) is 9.47 Å². The van der Waals surface area contributed by atoms with Crippen molar-refractivity contribution >= 4 is 6.29 Å². The van der Waals surface area contributed by atoms with E-state index in [-0.39, 0.29) is 6.61 Å². The Morgan fingerprint density at radius 3 is 2.59 bits per heavy atom. The van der Waals surface area contributed by atoms with Crippen LogP contribution in [0.4, 0.5) is 0 Å². The predicted molar refractivity (Wildman–Crippen MR) is 64.8 cm³/mol. The van der Waals surface area contributed by atoms with Gasteiger partial charge in [-0.05, 0) is 32.9 Å². The van der Waals surface area contributed by atoms with Gasteiger partial charge in [-0.1, -0.05) is 6.07 Å². The van der Waals surface area contributed by atoms with Gasteiger partial charge in [-0.2, -0.15) is 0 Å². The summed E-state index contributed by atoms with van der Waals surface area (Å²) in [4.78, 5) is 10.9. The van der Waals surface area contributed by atoms with Crippen LogP contribution in [0.1, 0.15) is 31.1 Å². The molecule has 0 heterocycles. The largest absolute Gasteiger partial charge is 0.490 e. The van der Waals surface area contributed by atoms with Crippen LogP contribution in [0, 0.1) is 0 Å². The minimum atomic E-state index is -0.959. The summed E-state index contributed by atoms with van der Waals surface area (Å²) < 4.78 is 10.8. The number of hydrogen-bond acceptors (Lipinski definition) is 4. The molecular weight excluding hydrogens is 220 g/mol. The average Bonchev–Trinajstić information content (AvgIpc) is 2.26. The lowest BCUT2D eigenvalue weighted by Gasteiger charge is -2.20. The number of benzene rings is 1. The minimum Gasteiger partial charge on any atom is -0.490 e. The number of aliphatic hydroxyl groups is 1. The first-order valence-electron chi connectivity index (χ1n) is 5.54. The molecule has 0 fully saturated rings. The van der Waals surface area contributed by atoms with Gasteiger partial charge in [0, 0.05) is 0 Å². The maximum absolute atomic E-state index is 10.9. The molecule has 0 aliphatic heterocycles. The number of carbonyl (C=O) groups excluding carboxylic acids is 1. The van der Waals surface area contributed by atoms with Gasteiger partial charge in [0.2, 0.25) is 0 Å². The van der Waals surface area contributed by atoms with E-state index in [9.17, 15) is 9.90 Å². The van der Waals surface area contributed by atoms with Gasteiger partial charge in [0.25, 0.3) is 0 Å². The van der Waals surface area contributed by atoms with Crippen molar-refractivity contribution in [3.63, 3.8) is 0 Å². The van der Waals surface area contributed by atoms with E-state index in [0.29, 0.717) is 30.0 Å². The monoisotopic (exact) mass is 238 g/mol. The summed E-state index contributed by atoms with van der Waals surface area (Å²) in [5, 5.41) is 9.61. The van der Waals surface area contributed by atoms with Crippen molar-refractivity contribution in [2.24, 2.45) is 0 Å². The van der Waals surface area contributed by atoms with Crippen molar-refractivity contribution in [1.82, 2.24) is 0 Å². The number of para-hydroxylation sites is 1. The number of ether oxygens (including phenoxy) is 2. The molecule has 0 bridgehead atoms. The Morgan fingerprint density at radius 1 is 1.35 bits per heavy atom. The van der Waals surface area contributed by atoms with Gasteiger partial charge in [-0.15, -0.1) is 0 Å². The smallest absolute Gasteiger partial charge is 0.171 e. The maximum atomic E-state index is 10.9. The highest BCUT2D eigenvalue weighted by Gasteiger charge is 2.17. The SMILES string of the molecule is CCOc1cccc(C=O)c1OCC(C)(C)O. The fraction of sp³-hybridized carbons (Fsp3) is 0.462. The first kappa shape index (κ1) is 13.5. The van der Waals surface area contributed by atoms with Crippen LogP contribution in [0.25, 0.3) is 0 Å². The van der Waals surface area contributed by atoms with Crippen LogP contribution >= 0.6 is 0 Å². The quantitative estimate of drug-likeness (QED) is 0.771. The van der Waals surface area contributed by atoms with E-state index < -0.39 is 5.60 Å². The Bertz CT molecular complexity index is 379. The lowest BCUT2D eigenvalue weighted by Crippen LogP contribution is -2.28. The third kappa shape index (κ3) is 4.07. The van der Waals surface area contributed by atoms with Crippen molar-refractivity contribution in [2.45, 2.75) is 26.4 Å². The molecule has 1 rings (SSSR count). The summed E-state index contributed by atoms with van der Waals surface area (Å²) in [6, 6.07) is 5.11. The molecule has 0 saturated carbocycles. The van der Waals surface area contributed by atoms with Gasteiger partial charge in [-0.3, -0.25) is 4.79 Å². The van der Waals surface area contributed by atoms with E-state index in [2.05, 4.69) is 0 Å². The molecule has 0 aromatic heterocycles. The first-order chi connectivity index (χ1) is 7.98. The Hall–Kier alpha value is -1.55. The highest BCUT2D eigenvalue weighted by Crippen LogP contribution is 2.30. The molecule has 1 N–H and O–H groups in total. The fourth-order valence-electron chi connectivity index (χ4n) is 1.30. The molecule has 0 aliphatic rings. The standard InChI is InChI=1S/C13H18O4/c1-4-16-11-7-5-6-10(8-14)12(11)17-9-13(2,3)15/h5-8,15H,4,9H2,1-3H3. The highest BCUT2D eigenvalue weighted by molar-refractivity contribution is 5.81. The van der Waals surface area contributed by atoms with Crippen molar-refractivity contribution in [2.75, 3.05) is 13.2 Å². The summed E-state index contributed by atoms with van der Waals surface area (Å²) in [5.41, 5.74) is -0.542. The molecule has 1 aromatic carbocycles. The molecule has 0 unspecified atom stereocenters.